The molecule has 3 aromatic carbocycles. The third-order valence-electron chi connectivity index (χ3n) is 7.16. The van der Waals surface area contributed by atoms with E-state index in [1.165, 1.54) is 34.1 Å². The third-order valence-corrected chi connectivity index (χ3v) is 7.16. The van der Waals surface area contributed by atoms with Crippen LogP contribution in [0.2, 0.25) is 0 Å². The number of benzene rings is 3. The van der Waals surface area contributed by atoms with Crippen molar-refractivity contribution in [2.75, 3.05) is 24.7 Å². The quantitative estimate of drug-likeness (QED) is 0.130. The number of anilines is 2. The van der Waals surface area contributed by atoms with E-state index in [1.54, 1.807) is 104 Å². The van der Waals surface area contributed by atoms with Gasteiger partial charge in [-0.05, 0) is 94.8 Å². The second kappa shape index (κ2) is 18.9. The van der Waals surface area contributed by atoms with E-state index in [1.807, 2.05) is 0 Å². The number of ether oxygens (including phenoxy) is 2. The summed E-state index contributed by atoms with van der Waals surface area (Å²) >= 11 is 0. The molecule has 2 N–H and O–H groups in total. The maximum Gasteiger partial charge on any atom is 0.412 e. The monoisotopic (exact) mass is 734 g/mol. The lowest BCUT2D eigenvalue weighted by molar-refractivity contribution is -0.130. The fourth-order valence-electron chi connectivity index (χ4n) is 4.57. The molecule has 0 bridgehead atoms. The molecule has 0 aliphatic rings. The van der Waals surface area contributed by atoms with Crippen LogP contribution < -0.4 is 10.6 Å². The van der Waals surface area contributed by atoms with E-state index in [0.29, 0.717) is 24.5 Å². The summed E-state index contributed by atoms with van der Waals surface area (Å²) in [6.07, 6.45) is -1.51. The molecule has 282 valence electrons. The Balaban J connectivity index is 1.47. The molecule has 0 heterocycles. The van der Waals surface area contributed by atoms with Crippen LogP contribution >= 0.6 is 0 Å². The second-order valence-electron chi connectivity index (χ2n) is 14.3. The van der Waals surface area contributed by atoms with Gasteiger partial charge in [-0.15, -0.1) is 0 Å². The molecule has 0 unspecified atom stereocenters. The van der Waals surface area contributed by atoms with E-state index >= 15 is 0 Å². The van der Waals surface area contributed by atoms with E-state index in [2.05, 4.69) is 34.3 Å². The van der Waals surface area contributed by atoms with Gasteiger partial charge in [0.15, 0.2) is 0 Å². The van der Waals surface area contributed by atoms with Crippen molar-refractivity contribution in [3.63, 3.8) is 0 Å². The van der Waals surface area contributed by atoms with Crippen LogP contribution in [0, 0.1) is 23.7 Å². The highest BCUT2D eigenvalue weighted by Gasteiger charge is 2.18. The first-order valence-electron chi connectivity index (χ1n) is 17.1. The predicted octanol–water partition coefficient (Wildman–Crippen LogP) is 6.85. The summed E-state index contributed by atoms with van der Waals surface area (Å²) in [6.45, 7) is 11.2. The molecule has 0 atom stereocenters. The Kier molecular flexibility index (Phi) is 14.7. The molecule has 0 aromatic heterocycles. The summed E-state index contributed by atoms with van der Waals surface area (Å²) in [5.41, 5.74) is 1.84. The van der Waals surface area contributed by atoms with Crippen LogP contribution in [0.4, 0.5) is 21.0 Å². The average molecular weight is 735 g/mol. The Morgan fingerprint density at radius 3 is 1.26 bits per heavy atom. The number of nitrogens with one attached hydrogen (secondary N) is 2. The lowest BCUT2D eigenvalue weighted by Gasteiger charge is -2.20. The zero-order valence-electron chi connectivity index (χ0n) is 31.9. The first kappa shape index (κ1) is 42.0. The number of nitrogens with zero attached hydrogens (tertiary/aromatic N) is 2. The van der Waals surface area contributed by atoms with Crippen molar-refractivity contribution >= 4 is 46.9 Å². The van der Waals surface area contributed by atoms with Crippen molar-refractivity contribution < 1.29 is 38.2 Å². The Hall–Kier alpha value is -6.40. The van der Waals surface area contributed by atoms with Gasteiger partial charge in [-0.2, -0.15) is 0 Å². The van der Waals surface area contributed by atoms with Crippen LogP contribution in [-0.2, 0) is 32.2 Å². The van der Waals surface area contributed by atoms with Gasteiger partial charge in [-0.3, -0.25) is 29.8 Å². The van der Waals surface area contributed by atoms with Crippen LogP contribution in [0.5, 0.6) is 0 Å². The summed E-state index contributed by atoms with van der Waals surface area (Å²) < 4.78 is 10.5. The largest absolute Gasteiger partial charge is 0.444 e. The molecular weight excluding hydrogens is 688 g/mol. The van der Waals surface area contributed by atoms with E-state index in [0.717, 1.165) is 11.1 Å². The highest BCUT2D eigenvalue weighted by molar-refractivity contribution is 6.13. The highest BCUT2D eigenvalue weighted by atomic mass is 16.6. The molecule has 4 amide bonds. The molecule has 0 spiro atoms. The molecule has 0 saturated carbocycles. The molecule has 3 aromatic rings. The van der Waals surface area contributed by atoms with E-state index in [4.69, 9.17) is 9.47 Å². The smallest absolute Gasteiger partial charge is 0.412 e. The topological polar surface area (TPSA) is 151 Å². The van der Waals surface area contributed by atoms with Crippen molar-refractivity contribution in [2.45, 2.75) is 78.7 Å². The van der Waals surface area contributed by atoms with Gasteiger partial charge in [0.2, 0.25) is 23.4 Å². The number of amides is 4. The summed E-state index contributed by atoms with van der Waals surface area (Å²) in [4.78, 5) is 77.6. The molecule has 12 nitrogen and oxygen atoms in total. The highest BCUT2D eigenvalue weighted by Crippen LogP contribution is 2.16. The van der Waals surface area contributed by atoms with E-state index in [9.17, 15) is 28.8 Å². The first-order valence-corrected chi connectivity index (χ1v) is 17.1. The van der Waals surface area contributed by atoms with Crippen LogP contribution in [-0.4, -0.2) is 70.7 Å². The SMILES string of the molecule is CN(Cc1ccc(NC(=O)OC(C)(C)C)cc1)C(=O)CC#CC(=O)c1cccc(C(=O)C#CCC(=O)N(C)Cc2ccc(NC(=O)OC(C)(C)C)cc2)c1. The van der Waals surface area contributed by atoms with E-state index in [-0.39, 0.29) is 35.8 Å². The van der Waals surface area contributed by atoms with E-state index < -0.39 is 35.0 Å². The molecule has 0 saturated heterocycles. The fourth-order valence-corrected chi connectivity index (χ4v) is 4.57. The summed E-state index contributed by atoms with van der Waals surface area (Å²) in [6, 6.07) is 19.9. The molecule has 0 radical (unpaired) electrons. The average Bonchev–Trinajstić information content (AvgIpc) is 3.08. The number of carbonyl (C=O) groups is 6. The zero-order chi connectivity index (χ0) is 40.1. The Bertz CT molecular complexity index is 1840. The minimum atomic E-state index is -0.619. The minimum Gasteiger partial charge on any atom is -0.444 e. The van der Waals surface area contributed by atoms with Crippen molar-refractivity contribution in [1.82, 2.24) is 9.80 Å². The normalized spacial score (nSPS) is 10.7. The molecule has 12 heteroatoms. The lowest BCUT2D eigenvalue weighted by Crippen LogP contribution is -2.27. The van der Waals surface area contributed by atoms with Gasteiger partial charge in [0.1, 0.15) is 11.2 Å². The predicted molar refractivity (Wildman–Crippen MR) is 205 cm³/mol. The van der Waals surface area contributed by atoms with Gasteiger partial charge in [-0.25, -0.2) is 9.59 Å². The molecule has 54 heavy (non-hydrogen) atoms. The first-order chi connectivity index (χ1) is 25.3. The molecule has 3 rings (SSSR count). The molecule has 0 aliphatic heterocycles. The van der Waals surface area contributed by atoms with Crippen LogP contribution in [0.1, 0.15) is 86.2 Å². The van der Waals surface area contributed by atoms with Gasteiger partial charge in [0.25, 0.3) is 0 Å². The Labute approximate surface area is 316 Å². The van der Waals surface area contributed by atoms with Crippen LogP contribution in [0.25, 0.3) is 0 Å². The number of carbonyl (C=O) groups excluding carboxylic acids is 6. The zero-order valence-corrected chi connectivity index (χ0v) is 31.9. The minimum absolute atomic E-state index is 0.166. The number of hydrogen-bond donors (Lipinski definition) is 2. The fraction of sp³-hybridized carbons (Fsp3) is 0.333. The number of rotatable bonds is 10. The van der Waals surface area contributed by atoms with Gasteiger partial charge < -0.3 is 19.3 Å². The van der Waals surface area contributed by atoms with Crippen LogP contribution in [0.15, 0.2) is 72.8 Å². The Morgan fingerprint density at radius 1 is 0.574 bits per heavy atom. The summed E-state index contributed by atoms with van der Waals surface area (Å²) in [5, 5.41) is 5.31. The Morgan fingerprint density at radius 2 is 0.926 bits per heavy atom. The lowest BCUT2D eigenvalue weighted by atomic mass is 10.0. The molecule has 0 aliphatic carbocycles. The van der Waals surface area contributed by atoms with Gasteiger partial charge >= 0.3 is 12.2 Å². The maximum atomic E-state index is 12.7. The van der Waals surface area contributed by atoms with Crippen LogP contribution in [0.3, 0.4) is 0 Å². The van der Waals surface area contributed by atoms with Crippen molar-refractivity contribution in [3.8, 4) is 23.7 Å². The number of ketones is 2. The number of Topliss-reactive ketones (excluding diaryl/α,β-unsaturated/α-hetero) is 2. The van der Waals surface area contributed by atoms with Crippen molar-refractivity contribution in [3.05, 3.63) is 95.1 Å². The second-order valence-corrected chi connectivity index (χ2v) is 14.3. The molecular formula is C42H46N4O8. The molecule has 0 fully saturated rings. The van der Waals surface area contributed by atoms with Crippen molar-refractivity contribution in [2.24, 2.45) is 0 Å². The van der Waals surface area contributed by atoms with Gasteiger partial charge in [0, 0.05) is 49.7 Å². The number of hydrogen-bond acceptors (Lipinski definition) is 8. The van der Waals surface area contributed by atoms with Gasteiger partial charge in [-0.1, -0.05) is 54.3 Å². The van der Waals surface area contributed by atoms with Crippen molar-refractivity contribution in [1.29, 1.82) is 0 Å². The third kappa shape index (κ3) is 15.1. The summed E-state index contributed by atoms with van der Waals surface area (Å²) in [5.74, 6) is 8.42. The van der Waals surface area contributed by atoms with Gasteiger partial charge in [0.05, 0.1) is 12.8 Å². The maximum absolute atomic E-state index is 12.7. The standard InChI is InChI=1S/C42H46N4O8/c1-41(2,3)53-39(51)43-33-22-18-29(19-23-33)27-45(7)37(49)16-10-14-35(47)31-12-9-13-32(26-31)36(48)15-11-17-38(50)46(8)28-30-20-24-34(25-21-30)44-40(52)54-42(4,5)6/h9,12-13,18-26H,16-17,27-28H2,1-8H3,(H,43,51)(H,44,52). The summed E-state index contributed by atoms with van der Waals surface area (Å²) in [7, 11) is 3.24.